The fourth-order valence-corrected chi connectivity index (χ4v) is 12.5. The number of hydrogen-bond donors (Lipinski definition) is 0. The Bertz CT molecular complexity index is 1510. The van der Waals surface area contributed by atoms with Gasteiger partial charge in [-0.25, -0.2) is 0 Å². The third kappa shape index (κ3) is 73.4. The summed E-state index contributed by atoms with van der Waals surface area (Å²) in [5.74, 6) is -0.813. The zero-order valence-electron chi connectivity index (χ0n) is 59.0. The lowest BCUT2D eigenvalue weighted by atomic mass is 10.0. The van der Waals surface area contributed by atoms with Crippen LogP contribution in [-0.2, 0) is 32.7 Å². The van der Waals surface area contributed by atoms with Crippen molar-refractivity contribution in [2.24, 2.45) is 0 Å². The van der Waals surface area contributed by atoms with E-state index in [2.05, 4.69) is 38.2 Å². The van der Waals surface area contributed by atoms with Crippen molar-refractivity contribution in [3.8, 4) is 0 Å². The van der Waals surface area contributed by atoms with Gasteiger partial charge in [0.1, 0.15) is 19.8 Å². The number of phosphoric acid groups is 1. The number of quaternary nitrogens is 1. The SMILES string of the molecule is CCCCCCC/C=C\C/C=C\CCCCCCCCCCCCCC(=O)OC(COC(=O)CCCCCCCCCCCCCCCCCCCCCCCCCCCCCCCCCCCCCCCCCC)COP(=O)([O-])OCC[N+](C)(C)C. The third-order valence-electron chi connectivity index (χ3n) is 17.7. The lowest BCUT2D eigenvalue weighted by molar-refractivity contribution is -0.870. The van der Waals surface area contributed by atoms with Crippen LogP contribution in [0.1, 0.15) is 406 Å². The second kappa shape index (κ2) is 68.8. The zero-order valence-corrected chi connectivity index (χ0v) is 59.9. The first-order valence-electron chi connectivity index (χ1n) is 38.5. The Balaban J connectivity index is 3.86. The van der Waals surface area contributed by atoms with Crippen molar-refractivity contribution in [3.63, 3.8) is 0 Å². The Kier molecular flexibility index (Phi) is 67.7. The number of hydrogen-bond acceptors (Lipinski definition) is 8. The lowest BCUT2D eigenvalue weighted by Gasteiger charge is -2.28. The number of carbonyl (C=O) groups excluding carboxylic acids is 2. The van der Waals surface area contributed by atoms with Gasteiger partial charge in [0.15, 0.2) is 6.10 Å². The van der Waals surface area contributed by atoms with Gasteiger partial charge in [-0.05, 0) is 44.9 Å². The summed E-state index contributed by atoms with van der Waals surface area (Å²) < 4.78 is 34.4. The molecule has 0 spiro atoms. The predicted octanol–water partition coefficient (Wildman–Crippen LogP) is 24.6. The van der Waals surface area contributed by atoms with E-state index in [1.54, 1.807) is 0 Å². The van der Waals surface area contributed by atoms with Crippen molar-refractivity contribution in [2.45, 2.75) is 412 Å². The minimum atomic E-state index is -4.64. The van der Waals surface area contributed by atoms with E-state index in [1.807, 2.05) is 21.1 Å². The summed E-state index contributed by atoms with van der Waals surface area (Å²) in [6, 6.07) is 0. The summed E-state index contributed by atoms with van der Waals surface area (Å²) in [5, 5.41) is 0. The number of nitrogens with zero attached hydrogens (tertiary/aromatic N) is 1. The van der Waals surface area contributed by atoms with E-state index in [1.165, 1.54) is 327 Å². The standard InChI is InChI=1S/C77H150NO8P/c1-6-8-10-12-14-16-18-20-22-24-26-28-30-31-32-33-34-35-36-37-38-39-40-41-42-43-44-45-46-48-49-51-53-55-57-59-61-63-65-67-69-76(79)83-73-75(74-85-87(81,82)84-72-71-78(3,4)5)86-77(80)70-68-66-64-62-60-58-56-54-52-50-47-29-27-25-23-21-19-17-15-13-11-9-7-2/h19,21,25,27,75H,6-18,20,22-24,26,28-74H2,1-5H3/b21-19-,27-25-. The van der Waals surface area contributed by atoms with Gasteiger partial charge in [-0.1, -0.05) is 372 Å². The number of ether oxygens (including phenoxy) is 2. The molecule has 2 unspecified atom stereocenters. The first kappa shape index (κ1) is 85.5. The van der Waals surface area contributed by atoms with E-state index in [9.17, 15) is 19.0 Å². The molecule has 0 saturated carbocycles. The molecular weight excluding hydrogens is 1100 g/mol. The highest BCUT2D eigenvalue weighted by molar-refractivity contribution is 7.45. The van der Waals surface area contributed by atoms with Crippen LogP contribution in [0, 0.1) is 0 Å². The zero-order chi connectivity index (χ0) is 63.4. The molecule has 0 heterocycles. The molecule has 2 atom stereocenters. The molecule has 0 aliphatic heterocycles. The van der Waals surface area contributed by atoms with Crippen molar-refractivity contribution in [1.29, 1.82) is 0 Å². The molecule has 0 aromatic carbocycles. The summed E-state index contributed by atoms with van der Waals surface area (Å²) in [6.07, 6.45) is 87.4. The van der Waals surface area contributed by atoms with Crippen LogP contribution >= 0.6 is 7.82 Å². The van der Waals surface area contributed by atoms with E-state index < -0.39 is 26.5 Å². The Labute approximate surface area is 542 Å². The molecule has 0 aromatic heterocycles. The van der Waals surface area contributed by atoms with Gasteiger partial charge in [-0.3, -0.25) is 14.2 Å². The minimum Gasteiger partial charge on any atom is -0.756 e. The predicted molar refractivity (Wildman–Crippen MR) is 375 cm³/mol. The third-order valence-corrected chi connectivity index (χ3v) is 18.7. The molecule has 0 rings (SSSR count). The number of unbranched alkanes of at least 4 members (excludes halogenated alkanes) is 55. The van der Waals surface area contributed by atoms with Crippen molar-refractivity contribution in [1.82, 2.24) is 0 Å². The van der Waals surface area contributed by atoms with Crippen LogP contribution in [0.5, 0.6) is 0 Å². The number of allylic oxidation sites excluding steroid dienone is 4. The first-order valence-corrected chi connectivity index (χ1v) is 40.0. The van der Waals surface area contributed by atoms with Crippen molar-refractivity contribution in [3.05, 3.63) is 24.3 Å². The normalized spacial score (nSPS) is 13.1. The molecule has 0 radical (unpaired) electrons. The van der Waals surface area contributed by atoms with Gasteiger partial charge >= 0.3 is 11.9 Å². The molecule has 0 bridgehead atoms. The van der Waals surface area contributed by atoms with Crippen LogP contribution in [0.3, 0.4) is 0 Å². The Morgan fingerprint density at radius 2 is 0.621 bits per heavy atom. The maximum Gasteiger partial charge on any atom is 0.306 e. The molecule has 0 aromatic rings. The van der Waals surface area contributed by atoms with E-state index in [-0.39, 0.29) is 32.0 Å². The Morgan fingerprint density at radius 3 is 0.908 bits per heavy atom. The maximum absolute atomic E-state index is 12.9. The van der Waals surface area contributed by atoms with E-state index in [4.69, 9.17) is 18.5 Å². The average molecular weight is 1250 g/mol. The topological polar surface area (TPSA) is 111 Å². The van der Waals surface area contributed by atoms with Crippen LogP contribution in [0.4, 0.5) is 0 Å². The van der Waals surface area contributed by atoms with Gasteiger partial charge in [-0.2, -0.15) is 0 Å². The monoisotopic (exact) mass is 1250 g/mol. The minimum absolute atomic E-state index is 0.0283. The molecule has 0 aliphatic carbocycles. The fraction of sp³-hybridized carbons (Fsp3) is 0.922. The van der Waals surface area contributed by atoms with Crippen LogP contribution in [0.25, 0.3) is 0 Å². The molecular formula is C77H150NO8P. The van der Waals surface area contributed by atoms with Crippen LogP contribution in [0.15, 0.2) is 24.3 Å². The highest BCUT2D eigenvalue weighted by Gasteiger charge is 2.22. The number of esters is 2. The lowest BCUT2D eigenvalue weighted by Crippen LogP contribution is -2.37. The van der Waals surface area contributed by atoms with Gasteiger partial charge in [0, 0.05) is 12.8 Å². The van der Waals surface area contributed by atoms with Gasteiger partial charge in [0.2, 0.25) is 0 Å². The van der Waals surface area contributed by atoms with Crippen molar-refractivity contribution in [2.75, 3.05) is 47.5 Å². The number of rotatable bonds is 73. The van der Waals surface area contributed by atoms with Crippen LogP contribution in [-0.4, -0.2) is 70.0 Å². The van der Waals surface area contributed by atoms with Crippen molar-refractivity contribution >= 4 is 19.8 Å². The van der Waals surface area contributed by atoms with Crippen LogP contribution < -0.4 is 4.89 Å². The molecule has 516 valence electrons. The Hall–Kier alpha value is -1.51. The van der Waals surface area contributed by atoms with Gasteiger partial charge in [0.25, 0.3) is 7.82 Å². The largest absolute Gasteiger partial charge is 0.756 e. The molecule has 0 amide bonds. The molecule has 0 fully saturated rings. The second-order valence-corrected chi connectivity index (χ2v) is 29.1. The maximum atomic E-state index is 12.9. The summed E-state index contributed by atoms with van der Waals surface area (Å²) in [7, 11) is 1.19. The fourth-order valence-electron chi connectivity index (χ4n) is 11.8. The second-order valence-electron chi connectivity index (χ2n) is 27.7. The van der Waals surface area contributed by atoms with Crippen LogP contribution in [0.2, 0.25) is 0 Å². The summed E-state index contributed by atoms with van der Waals surface area (Å²) in [5.41, 5.74) is 0. The summed E-state index contributed by atoms with van der Waals surface area (Å²) in [6.45, 7) is 4.30. The molecule has 9 nitrogen and oxygen atoms in total. The highest BCUT2D eigenvalue weighted by atomic mass is 31.2. The summed E-state index contributed by atoms with van der Waals surface area (Å²) >= 11 is 0. The number of likely N-dealkylation sites (N-methyl/N-ethyl adjacent to an activating group) is 1. The first-order chi connectivity index (χ1) is 42.5. The average Bonchev–Trinajstić information content (AvgIpc) is 3.68. The summed E-state index contributed by atoms with van der Waals surface area (Å²) in [4.78, 5) is 38.1. The number of carbonyl (C=O) groups is 2. The smallest absolute Gasteiger partial charge is 0.306 e. The Morgan fingerprint density at radius 1 is 0.356 bits per heavy atom. The van der Waals surface area contributed by atoms with E-state index in [0.29, 0.717) is 17.4 Å². The quantitative estimate of drug-likeness (QED) is 0.0195. The molecule has 87 heavy (non-hydrogen) atoms. The molecule has 0 N–H and O–H groups in total. The highest BCUT2D eigenvalue weighted by Crippen LogP contribution is 2.38. The van der Waals surface area contributed by atoms with E-state index >= 15 is 0 Å². The van der Waals surface area contributed by atoms with Gasteiger partial charge < -0.3 is 27.9 Å². The number of phosphoric ester groups is 1. The molecule has 0 aliphatic rings. The van der Waals surface area contributed by atoms with Crippen molar-refractivity contribution < 1.29 is 42.1 Å². The van der Waals surface area contributed by atoms with Gasteiger partial charge in [0.05, 0.1) is 27.7 Å². The molecule has 10 heteroatoms. The van der Waals surface area contributed by atoms with E-state index in [0.717, 1.165) is 44.9 Å². The van der Waals surface area contributed by atoms with Gasteiger partial charge in [-0.15, -0.1) is 0 Å². The molecule has 0 saturated heterocycles.